The Hall–Kier alpha value is -3.98. The minimum Gasteiger partial charge on any atom is -0.495 e. The number of hydrogen-bond donors (Lipinski definition) is 1. The number of nitrogens with one attached hydrogen (secondary N) is 1. The third-order valence-corrected chi connectivity index (χ3v) is 5.65. The van der Waals surface area contributed by atoms with E-state index in [0.717, 1.165) is 34.4 Å². The Morgan fingerprint density at radius 1 is 1.25 bits per heavy atom. The van der Waals surface area contributed by atoms with Crippen LogP contribution in [0.4, 0.5) is 17.3 Å². The Morgan fingerprint density at radius 2 is 2.09 bits per heavy atom. The van der Waals surface area contributed by atoms with Crippen LogP contribution in [0.2, 0.25) is 0 Å². The molecule has 0 saturated heterocycles. The molecule has 1 N–H and O–H groups in total. The fourth-order valence-corrected chi connectivity index (χ4v) is 4.18. The monoisotopic (exact) mass is 431 g/mol. The van der Waals surface area contributed by atoms with Crippen molar-refractivity contribution in [2.45, 2.75) is 20.1 Å². The van der Waals surface area contributed by atoms with Crippen LogP contribution in [0.1, 0.15) is 11.3 Å². The molecule has 32 heavy (non-hydrogen) atoms. The van der Waals surface area contributed by atoms with Gasteiger partial charge in [0.2, 0.25) is 5.95 Å². The fourth-order valence-electron chi connectivity index (χ4n) is 4.18. The Labute approximate surface area is 183 Å². The number of ether oxygens (including phenoxy) is 2. The van der Waals surface area contributed by atoms with Gasteiger partial charge in [0.05, 0.1) is 42.3 Å². The van der Waals surface area contributed by atoms with Crippen LogP contribution in [0.5, 0.6) is 5.75 Å². The van der Waals surface area contributed by atoms with Crippen molar-refractivity contribution in [2.75, 3.05) is 19.0 Å². The van der Waals surface area contributed by atoms with E-state index in [-0.39, 0.29) is 5.69 Å². The predicted octanol–water partition coefficient (Wildman–Crippen LogP) is 4.60. The smallest absolute Gasteiger partial charge is 0.274 e. The summed E-state index contributed by atoms with van der Waals surface area (Å²) in [5.41, 5.74) is 4.91. The summed E-state index contributed by atoms with van der Waals surface area (Å²) in [7, 11) is 1.52. The summed E-state index contributed by atoms with van der Waals surface area (Å²) in [5, 5.41) is 15.6. The van der Waals surface area contributed by atoms with Gasteiger partial charge in [-0.3, -0.25) is 10.1 Å². The van der Waals surface area contributed by atoms with E-state index in [0.29, 0.717) is 36.2 Å². The first kappa shape index (κ1) is 20.0. The number of nitro groups is 1. The molecule has 0 unspecified atom stereocenters. The average Bonchev–Trinajstić information content (AvgIpc) is 3.14. The van der Waals surface area contributed by atoms with Gasteiger partial charge in [-0.05, 0) is 25.1 Å². The van der Waals surface area contributed by atoms with Gasteiger partial charge in [-0.1, -0.05) is 18.2 Å². The summed E-state index contributed by atoms with van der Waals surface area (Å²) in [4.78, 5) is 20.0. The van der Waals surface area contributed by atoms with Gasteiger partial charge in [-0.25, -0.2) is 9.97 Å². The molecule has 0 spiro atoms. The molecule has 0 aliphatic carbocycles. The zero-order valence-corrected chi connectivity index (χ0v) is 17.7. The lowest BCUT2D eigenvalue weighted by atomic mass is 10.1. The van der Waals surface area contributed by atoms with E-state index in [1.54, 1.807) is 19.2 Å². The third kappa shape index (κ3) is 3.32. The maximum Gasteiger partial charge on any atom is 0.274 e. The number of nitrogens with zero attached hydrogens (tertiary/aromatic N) is 4. The van der Waals surface area contributed by atoms with Crippen molar-refractivity contribution in [1.82, 2.24) is 14.5 Å². The van der Waals surface area contributed by atoms with Crippen LogP contribution in [0.15, 0.2) is 48.7 Å². The molecule has 3 heterocycles. The normalized spacial score (nSPS) is 13.1. The molecule has 162 valence electrons. The largest absolute Gasteiger partial charge is 0.495 e. The van der Waals surface area contributed by atoms with E-state index < -0.39 is 4.92 Å². The molecule has 2 aromatic heterocycles. The molecule has 5 rings (SSSR count). The maximum atomic E-state index is 11.4. The summed E-state index contributed by atoms with van der Waals surface area (Å²) in [5.74, 6) is 0.793. The quantitative estimate of drug-likeness (QED) is 0.364. The highest BCUT2D eigenvalue weighted by atomic mass is 16.6. The van der Waals surface area contributed by atoms with Gasteiger partial charge in [0.25, 0.3) is 5.69 Å². The van der Waals surface area contributed by atoms with Crippen LogP contribution in [-0.2, 0) is 17.9 Å². The zero-order chi connectivity index (χ0) is 22.2. The molecule has 1 aliphatic heterocycles. The zero-order valence-electron chi connectivity index (χ0n) is 17.7. The number of fused-ring (bicyclic) bond motifs is 3. The highest BCUT2D eigenvalue weighted by Gasteiger charge is 2.22. The Bertz CT molecular complexity index is 1350. The molecule has 4 aromatic rings. The van der Waals surface area contributed by atoms with Gasteiger partial charge in [-0.15, -0.1) is 0 Å². The number of hydrogen-bond acceptors (Lipinski definition) is 7. The van der Waals surface area contributed by atoms with Crippen molar-refractivity contribution in [2.24, 2.45) is 0 Å². The standard InChI is InChI=1S/C23H21N5O4/c1-14-11-21(31-2)17(12-19(14)28(29)30)26-23-24-8-7-16(25-23)22-15-5-3-4-6-18(15)27-9-10-32-13-20(22)27/h3-8,11-12H,9-10,13H2,1-2H3,(H,24,25,26). The second kappa shape index (κ2) is 7.93. The molecule has 9 nitrogen and oxygen atoms in total. The lowest BCUT2D eigenvalue weighted by Crippen LogP contribution is -2.16. The van der Waals surface area contributed by atoms with Gasteiger partial charge in [0.1, 0.15) is 5.75 Å². The molecule has 0 amide bonds. The summed E-state index contributed by atoms with van der Waals surface area (Å²) >= 11 is 0. The van der Waals surface area contributed by atoms with E-state index in [4.69, 9.17) is 14.5 Å². The lowest BCUT2D eigenvalue weighted by molar-refractivity contribution is -0.385. The van der Waals surface area contributed by atoms with E-state index in [2.05, 4.69) is 27.0 Å². The van der Waals surface area contributed by atoms with Gasteiger partial charge >= 0.3 is 0 Å². The van der Waals surface area contributed by atoms with Crippen molar-refractivity contribution in [3.63, 3.8) is 0 Å². The summed E-state index contributed by atoms with van der Waals surface area (Å²) in [6.07, 6.45) is 1.67. The first-order chi connectivity index (χ1) is 15.6. The number of anilines is 2. The van der Waals surface area contributed by atoms with Gasteiger partial charge in [-0.2, -0.15) is 0 Å². The number of para-hydroxylation sites is 1. The molecule has 0 radical (unpaired) electrons. The van der Waals surface area contributed by atoms with Crippen LogP contribution in [0.3, 0.4) is 0 Å². The molecule has 0 saturated carbocycles. The maximum absolute atomic E-state index is 11.4. The van der Waals surface area contributed by atoms with Gasteiger partial charge in [0, 0.05) is 40.8 Å². The summed E-state index contributed by atoms with van der Waals surface area (Å²) in [6.45, 7) is 3.64. The Kier molecular flexibility index (Phi) is 4.95. The highest BCUT2D eigenvalue weighted by molar-refractivity contribution is 5.97. The van der Waals surface area contributed by atoms with Crippen molar-refractivity contribution in [1.29, 1.82) is 0 Å². The van der Waals surface area contributed by atoms with E-state index in [1.807, 2.05) is 18.2 Å². The SMILES string of the molecule is COc1cc(C)c([N+](=O)[O-])cc1Nc1nccc(-c2c3n(c4ccccc24)CCOC3)n1. The van der Waals surface area contributed by atoms with E-state index >= 15 is 0 Å². The van der Waals surface area contributed by atoms with Crippen LogP contribution in [0, 0.1) is 17.0 Å². The van der Waals surface area contributed by atoms with E-state index in [9.17, 15) is 10.1 Å². The Morgan fingerprint density at radius 3 is 2.91 bits per heavy atom. The molecule has 9 heteroatoms. The number of benzene rings is 2. The van der Waals surface area contributed by atoms with Crippen LogP contribution < -0.4 is 10.1 Å². The first-order valence-corrected chi connectivity index (χ1v) is 10.2. The van der Waals surface area contributed by atoms with Crippen LogP contribution in [-0.4, -0.2) is 33.2 Å². The third-order valence-electron chi connectivity index (χ3n) is 5.65. The second-order valence-electron chi connectivity index (χ2n) is 7.53. The van der Waals surface area contributed by atoms with Crippen molar-refractivity contribution in [3.05, 3.63) is 70.0 Å². The topological polar surface area (TPSA) is 104 Å². The average molecular weight is 431 g/mol. The van der Waals surface area contributed by atoms with Crippen LogP contribution in [0.25, 0.3) is 22.2 Å². The number of aryl methyl sites for hydroxylation is 1. The van der Waals surface area contributed by atoms with Crippen molar-refractivity contribution >= 4 is 28.2 Å². The van der Waals surface area contributed by atoms with Crippen molar-refractivity contribution in [3.8, 4) is 17.0 Å². The highest BCUT2D eigenvalue weighted by Crippen LogP contribution is 2.37. The van der Waals surface area contributed by atoms with Gasteiger partial charge in [0.15, 0.2) is 0 Å². The minimum absolute atomic E-state index is 0.00546. The summed E-state index contributed by atoms with van der Waals surface area (Å²) in [6, 6.07) is 13.1. The lowest BCUT2D eigenvalue weighted by Gasteiger charge is -2.18. The molecule has 2 aromatic carbocycles. The number of nitro benzene ring substituents is 1. The van der Waals surface area contributed by atoms with Crippen molar-refractivity contribution < 1.29 is 14.4 Å². The Balaban J connectivity index is 1.59. The molecular weight excluding hydrogens is 410 g/mol. The molecule has 1 aliphatic rings. The predicted molar refractivity (Wildman–Crippen MR) is 120 cm³/mol. The fraction of sp³-hybridized carbons (Fsp3) is 0.217. The number of methoxy groups -OCH3 is 1. The molecule has 0 fully saturated rings. The second-order valence-corrected chi connectivity index (χ2v) is 7.53. The van der Waals surface area contributed by atoms with E-state index in [1.165, 1.54) is 13.2 Å². The minimum atomic E-state index is -0.420. The molecular formula is C23H21N5O4. The number of rotatable bonds is 5. The van der Waals surface area contributed by atoms with Gasteiger partial charge < -0.3 is 19.4 Å². The molecule has 0 atom stereocenters. The first-order valence-electron chi connectivity index (χ1n) is 10.2. The summed E-state index contributed by atoms with van der Waals surface area (Å²) < 4.78 is 13.4. The van der Waals surface area contributed by atoms with Crippen LogP contribution >= 0.6 is 0 Å². The molecule has 0 bridgehead atoms. The number of aromatic nitrogens is 3.